The van der Waals surface area contributed by atoms with Crippen molar-refractivity contribution in [3.8, 4) is 0 Å². The van der Waals surface area contributed by atoms with Gasteiger partial charge in [0.1, 0.15) is 5.82 Å². The summed E-state index contributed by atoms with van der Waals surface area (Å²) in [5.41, 5.74) is -1.12. The van der Waals surface area contributed by atoms with E-state index in [9.17, 15) is 27.2 Å². The number of hydrogen-bond acceptors (Lipinski definition) is 2. The fourth-order valence-corrected chi connectivity index (χ4v) is 2.32. The van der Waals surface area contributed by atoms with Gasteiger partial charge in [0, 0.05) is 18.7 Å². The highest BCUT2D eigenvalue weighted by atomic mass is 35.5. The van der Waals surface area contributed by atoms with Gasteiger partial charge in [0.2, 0.25) is 0 Å². The molecule has 0 aliphatic carbocycles. The monoisotopic (exact) mass is 388 g/mol. The molecule has 2 rings (SSSR count). The predicted molar refractivity (Wildman–Crippen MR) is 87.5 cm³/mol. The molecular formula is C17H13ClF4N2O2. The Kier molecular flexibility index (Phi) is 6.20. The summed E-state index contributed by atoms with van der Waals surface area (Å²) >= 11 is 5.76. The smallest absolute Gasteiger partial charge is 0.350 e. The van der Waals surface area contributed by atoms with Gasteiger partial charge in [-0.2, -0.15) is 13.2 Å². The van der Waals surface area contributed by atoms with Crippen molar-refractivity contribution in [2.45, 2.75) is 6.18 Å². The molecule has 0 aliphatic heterocycles. The molecule has 4 nitrogen and oxygen atoms in total. The Bertz CT molecular complexity index is 787. The molecule has 0 unspecified atom stereocenters. The minimum absolute atomic E-state index is 0.00231. The Morgan fingerprint density at radius 2 is 1.50 bits per heavy atom. The summed E-state index contributed by atoms with van der Waals surface area (Å²) in [5, 5.41) is 4.78. The number of carbonyl (C=O) groups excluding carboxylic acids is 2. The maximum Gasteiger partial charge on any atom is 0.416 e. The molecule has 0 fully saturated rings. The van der Waals surface area contributed by atoms with Crippen molar-refractivity contribution in [3.63, 3.8) is 0 Å². The zero-order valence-electron chi connectivity index (χ0n) is 13.2. The van der Waals surface area contributed by atoms with Crippen LogP contribution in [0.4, 0.5) is 17.6 Å². The van der Waals surface area contributed by atoms with Crippen molar-refractivity contribution in [2.24, 2.45) is 0 Å². The molecule has 138 valence electrons. The molecule has 0 aliphatic rings. The molecule has 26 heavy (non-hydrogen) atoms. The largest absolute Gasteiger partial charge is 0.416 e. The number of carbonyl (C=O) groups is 2. The van der Waals surface area contributed by atoms with Crippen molar-refractivity contribution >= 4 is 23.4 Å². The Balaban J connectivity index is 1.84. The third-order valence-electron chi connectivity index (χ3n) is 3.36. The minimum atomic E-state index is -4.48. The van der Waals surface area contributed by atoms with Crippen molar-refractivity contribution in [1.29, 1.82) is 0 Å². The molecule has 0 radical (unpaired) electrons. The molecule has 0 saturated heterocycles. The van der Waals surface area contributed by atoms with Crippen molar-refractivity contribution < 1.29 is 27.2 Å². The molecule has 2 aromatic carbocycles. The van der Waals surface area contributed by atoms with Gasteiger partial charge < -0.3 is 10.6 Å². The second-order valence-corrected chi connectivity index (χ2v) is 5.59. The molecule has 0 atom stereocenters. The van der Waals surface area contributed by atoms with Crippen LogP contribution in [0.15, 0.2) is 42.5 Å². The second kappa shape index (κ2) is 8.18. The van der Waals surface area contributed by atoms with Crippen LogP contribution < -0.4 is 10.6 Å². The molecule has 2 amide bonds. The van der Waals surface area contributed by atoms with Gasteiger partial charge in [0.15, 0.2) is 0 Å². The lowest BCUT2D eigenvalue weighted by molar-refractivity contribution is -0.137. The van der Waals surface area contributed by atoms with Gasteiger partial charge in [-0.15, -0.1) is 0 Å². The van der Waals surface area contributed by atoms with Gasteiger partial charge in [0.05, 0.1) is 16.1 Å². The first-order chi connectivity index (χ1) is 12.2. The van der Waals surface area contributed by atoms with Gasteiger partial charge in [-0.1, -0.05) is 17.7 Å². The van der Waals surface area contributed by atoms with Crippen LogP contribution in [0.3, 0.4) is 0 Å². The van der Waals surface area contributed by atoms with E-state index in [2.05, 4.69) is 10.6 Å². The number of alkyl halides is 3. The number of rotatable bonds is 5. The molecule has 2 N–H and O–H groups in total. The minimum Gasteiger partial charge on any atom is -0.350 e. The zero-order valence-corrected chi connectivity index (χ0v) is 13.9. The fraction of sp³-hybridized carbons (Fsp3) is 0.176. The Labute approximate surface area is 151 Å². The Morgan fingerprint density at radius 1 is 0.923 bits per heavy atom. The summed E-state index contributed by atoms with van der Waals surface area (Å²) < 4.78 is 51.0. The van der Waals surface area contributed by atoms with Gasteiger partial charge >= 0.3 is 6.18 Å². The van der Waals surface area contributed by atoms with E-state index in [1.165, 1.54) is 12.1 Å². The summed E-state index contributed by atoms with van der Waals surface area (Å²) in [6.45, 7) is -0.0203. The van der Waals surface area contributed by atoms with Crippen molar-refractivity contribution in [3.05, 3.63) is 70.0 Å². The number of hydrogen-bond donors (Lipinski definition) is 2. The van der Waals surface area contributed by atoms with Crippen LogP contribution in [-0.4, -0.2) is 24.9 Å². The second-order valence-electron chi connectivity index (χ2n) is 5.18. The first-order valence-corrected chi connectivity index (χ1v) is 7.75. The van der Waals surface area contributed by atoms with E-state index in [1.807, 2.05) is 0 Å². The van der Waals surface area contributed by atoms with Crippen LogP contribution in [0.2, 0.25) is 5.02 Å². The van der Waals surface area contributed by atoms with E-state index >= 15 is 0 Å². The van der Waals surface area contributed by atoms with Crippen molar-refractivity contribution in [2.75, 3.05) is 13.1 Å². The van der Waals surface area contributed by atoms with Crippen LogP contribution >= 0.6 is 11.6 Å². The average molecular weight is 389 g/mol. The van der Waals surface area contributed by atoms with Crippen LogP contribution in [0, 0.1) is 5.82 Å². The number of amides is 2. The predicted octanol–water partition coefficient (Wildman–Crippen LogP) is 3.66. The lowest BCUT2D eigenvalue weighted by atomic mass is 10.1. The van der Waals surface area contributed by atoms with E-state index in [4.69, 9.17) is 11.6 Å². The summed E-state index contributed by atoms with van der Waals surface area (Å²) in [7, 11) is 0. The van der Waals surface area contributed by atoms with Crippen LogP contribution in [0.1, 0.15) is 26.3 Å². The highest BCUT2D eigenvalue weighted by Crippen LogP contribution is 2.29. The third-order valence-corrected chi connectivity index (χ3v) is 3.68. The van der Waals surface area contributed by atoms with E-state index in [-0.39, 0.29) is 29.2 Å². The van der Waals surface area contributed by atoms with E-state index < -0.39 is 29.4 Å². The molecule has 0 saturated carbocycles. The van der Waals surface area contributed by atoms with E-state index in [0.717, 1.165) is 30.3 Å². The highest BCUT2D eigenvalue weighted by Gasteiger charge is 2.30. The number of nitrogens with one attached hydrogen (secondary N) is 2. The first kappa shape index (κ1) is 19.7. The standard InChI is InChI=1S/C17H13ClF4N2O2/c18-12-2-1-3-13(19)14(12)16(26)24-9-8-23-15(25)10-4-6-11(7-5-10)17(20,21)22/h1-7H,8-9H2,(H,23,25)(H,24,26). The molecule has 0 aromatic heterocycles. The maximum absolute atomic E-state index is 13.6. The SMILES string of the molecule is O=C(NCCNC(=O)c1c(F)cccc1Cl)c1ccc(C(F)(F)F)cc1. The van der Waals surface area contributed by atoms with E-state index in [0.29, 0.717) is 0 Å². The summed E-state index contributed by atoms with van der Waals surface area (Å²) in [6.07, 6.45) is -4.48. The summed E-state index contributed by atoms with van der Waals surface area (Å²) in [5.74, 6) is -2.11. The quantitative estimate of drug-likeness (QED) is 0.606. The highest BCUT2D eigenvalue weighted by molar-refractivity contribution is 6.33. The van der Waals surface area contributed by atoms with Crippen LogP contribution in [0.25, 0.3) is 0 Å². The normalized spacial score (nSPS) is 11.1. The van der Waals surface area contributed by atoms with Crippen molar-refractivity contribution in [1.82, 2.24) is 10.6 Å². The fourth-order valence-electron chi connectivity index (χ4n) is 2.07. The average Bonchev–Trinajstić information content (AvgIpc) is 2.57. The number of halogens is 5. The molecule has 0 spiro atoms. The number of benzene rings is 2. The molecule has 9 heteroatoms. The van der Waals surface area contributed by atoms with Crippen LogP contribution in [0.5, 0.6) is 0 Å². The lowest BCUT2D eigenvalue weighted by Gasteiger charge is -2.10. The zero-order chi connectivity index (χ0) is 19.3. The topological polar surface area (TPSA) is 58.2 Å². The van der Waals surface area contributed by atoms with Gasteiger partial charge in [-0.3, -0.25) is 9.59 Å². The summed E-state index contributed by atoms with van der Waals surface area (Å²) in [6, 6.07) is 7.53. The van der Waals surface area contributed by atoms with Gasteiger partial charge in [0.25, 0.3) is 11.8 Å². The van der Waals surface area contributed by atoms with Gasteiger partial charge in [-0.25, -0.2) is 4.39 Å². The molecule has 0 bridgehead atoms. The summed E-state index contributed by atoms with van der Waals surface area (Å²) in [4.78, 5) is 23.7. The third kappa shape index (κ3) is 4.95. The van der Waals surface area contributed by atoms with Crippen LogP contribution in [-0.2, 0) is 6.18 Å². The molecular weight excluding hydrogens is 376 g/mol. The van der Waals surface area contributed by atoms with E-state index in [1.54, 1.807) is 0 Å². The Hall–Kier alpha value is -2.61. The maximum atomic E-state index is 13.6. The molecule has 0 heterocycles. The first-order valence-electron chi connectivity index (χ1n) is 7.38. The Morgan fingerprint density at radius 3 is 2.04 bits per heavy atom. The van der Waals surface area contributed by atoms with Gasteiger partial charge in [-0.05, 0) is 36.4 Å². The lowest BCUT2D eigenvalue weighted by Crippen LogP contribution is -2.35. The molecule has 2 aromatic rings.